The van der Waals surface area contributed by atoms with E-state index in [1.54, 1.807) is 0 Å². The minimum Gasteiger partial charge on any atom is -0.394 e. The predicted molar refractivity (Wildman–Crippen MR) is 116 cm³/mol. The largest absolute Gasteiger partial charge is 0.483 e. The fourth-order valence-corrected chi connectivity index (χ4v) is 5.92. The van der Waals surface area contributed by atoms with E-state index in [1.165, 1.54) is 0 Å². The van der Waals surface area contributed by atoms with Crippen LogP contribution in [0, 0.1) is 0 Å². The smallest absolute Gasteiger partial charge is 0.394 e. The molecule has 0 bridgehead atoms. The molecule has 1 aromatic heterocycles. The van der Waals surface area contributed by atoms with Gasteiger partial charge in [-0.1, -0.05) is 0 Å². The second-order valence-corrected chi connectivity index (χ2v) is 11.3. The molecule has 5 unspecified atom stereocenters. The van der Waals surface area contributed by atoms with Crippen molar-refractivity contribution in [2.75, 3.05) is 13.2 Å². The lowest BCUT2D eigenvalue weighted by Crippen LogP contribution is -2.57. The monoisotopic (exact) mass is 582 g/mol. The number of phosphoric ester groups is 2. The topological polar surface area (TPSA) is 277 Å². The molecule has 206 valence electrons. The molecule has 3 heterocycles. The molecule has 1 aromatic rings. The molecule has 0 aliphatic carbocycles. The maximum Gasteiger partial charge on any atom is 0.483 e. The summed E-state index contributed by atoms with van der Waals surface area (Å²) in [7, 11) is -10.9. The number of aliphatic hydroxyl groups is 5. The molecule has 3 rings (SSSR count). The average molecular weight is 582 g/mol. The standard InChI is InChI=1S/C15H24N2O16P2S/c18-3-5-8(20)10(22)12(36)14(31-5)32-35(27,28)33-34(25,26)29-4-6-9(21)11(23)13(30-6)17-2-1-7(19)16-15(17)24/h1-2,5-6,8-14,18,20-23,36H,3-4H2,(H,25,26)(H,27,28)(H,16,19,24)/t5?,6-,8+,9+,10+,11?,12?,13-,14+/m1/s1. The molecule has 11 atom stereocenters. The Kier molecular flexibility index (Phi) is 9.36. The molecular weight excluding hydrogens is 558 g/mol. The van der Waals surface area contributed by atoms with E-state index >= 15 is 0 Å². The van der Waals surface area contributed by atoms with Gasteiger partial charge in [-0.3, -0.25) is 23.4 Å². The molecule has 2 saturated heterocycles. The van der Waals surface area contributed by atoms with E-state index in [9.17, 15) is 54.0 Å². The van der Waals surface area contributed by atoms with E-state index in [0.29, 0.717) is 0 Å². The molecule has 0 aromatic carbocycles. The fraction of sp³-hybridized carbons (Fsp3) is 0.733. The van der Waals surface area contributed by atoms with Crippen LogP contribution >= 0.6 is 28.3 Å². The Morgan fingerprint density at radius 3 is 2.25 bits per heavy atom. The Morgan fingerprint density at radius 2 is 1.64 bits per heavy atom. The number of aliphatic hydroxyl groups excluding tert-OH is 5. The number of H-pyrrole nitrogens is 1. The van der Waals surface area contributed by atoms with Crippen LogP contribution < -0.4 is 11.2 Å². The lowest BCUT2D eigenvalue weighted by molar-refractivity contribution is -0.228. The van der Waals surface area contributed by atoms with Crippen LogP contribution in [0.1, 0.15) is 6.23 Å². The molecule has 0 amide bonds. The summed E-state index contributed by atoms with van der Waals surface area (Å²) in [5.41, 5.74) is -1.72. The molecule has 0 spiro atoms. The van der Waals surface area contributed by atoms with Gasteiger partial charge in [0.1, 0.15) is 30.5 Å². The van der Waals surface area contributed by atoms with Gasteiger partial charge in [-0.25, -0.2) is 13.9 Å². The van der Waals surface area contributed by atoms with E-state index in [1.807, 2.05) is 4.98 Å². The number of aromatic amines is 1. The van der Waals surface area contributed by atoms with Gasteiger partial charge in [0.15, 0.2) is 12.5 Å². The summed E-state index contributed by atoms with van der Waals surface area (Å²) in [6.45, 7) is -1.81. The Bertz CT molecular complexity index is 1130. The number of thiol groups is 1. The highest BCUT2D eigenvalue weighted by molar-refractivity contribution is 7.81. The number of nitrogens with one attached hydrogen (secondary N) is 1. The number of nitrogens with zero attached hydrogens (tertiary/aromatic N) is 1. The van der Waals surface area contributed by atoms with Crippen molar-refractivity contribution in [3.63, 3.8) is 0 Å². The van der Waals surface area contributed by atoms with Crippen molar-refractivity contribution in [3.05, 3.63) is 33.1 Å². The van der Waals surface area contributed by atoms with Crippen molar-refractivity contribution in [2.45, 2.75) is 54.4 Å². The summed E-state index contributed by atoms with van der Waals surface area (Å²) in [4.78, 5) is 44.7. The van der Waals surface area contributed by atoms with Gasteiger partial charge >= 0.3 is 21.3 Å². The summed E-state index contributed by atoms with van der Waals surface area (Å²) in [6, 6.07) is 0.941. The third-order valence-electron chi connectivity index (χ3n) is 5.16. The SMILES string of the molecule is O=c1ccn([C@@H]2O[C@H](COP(=O)(O)OP(=O)(O)O[C@@H]3OC(CO)[C@H](O)[C@H](O)C3S)[C@H](O)C2O)c(=O)[nH]1. The summed E-state index contributed by atoms with van der Waals surface area (Å²) in [5, 5.41) is 47.7. The van der Waals surface area contributed by atoms with E-state index in [0.717, 1.165) is 16.8 Å². The van der Waals surface area contributed by atoms with E-state index in [-0.39, 0.29) is 0 Å². The first-order chi connectivity index (χ1) is 16.7. The zero-order chi connectivity index (χ0) is 27.0. The molecule has 2 fully saturated rings. The van der Waals surface area contributed by atoms with Crippen LogP contribution in [0.4, 0.5) is 0 Å². The molecule has 2 aliphatic heterocycles. The first-order valence-electron chi connectivity index (χ1n) is 9.99. The predicted octanol–water partition coefficient (Wildman–Crippen LogP) is -3.86. The number of phosphoric acid groups is 2. The average Bonchev–Trinajstić information content (AvgIpc) is 3.06. The normalized spacial score (nSPS) is 38.4. The Morgan fingerprint density at radius 1 is 1.00 bits per heavy atom. The van der Waals surface area contributed by atoms with E-state index < -0.39 is 94.5 Å². The summed E-state index contributed by atoms with van der Waals surface area (Å²) in [6.07, 6.45) is -12.2. The molecular formula is C15H24N2O16P2S. The summed E-state index contributed by atoms with van der Waals surface area (Å²) >= 11 is 3.88. The first-order valence-corrected chi connectivity index (χ1v) is 13.5. The lowest BCUT2D eigenvalue weighted by atomic mass is 10.0. The van der Waals surface area contributed by atoms with Gasteiger partial charge in [0.2, 0.25) is 0 Å². The first kappa shape index (κ1) is 29.6. The summed E-state index contributed by atoms with van der Waals surface area (Å²) < 4.78 is 48.7. The maximum absolute atomic E-state index is 12.2. The fourth-order valence-electron chi connectivity index (χ4n) is 3.35. The lowest BCUT2D eigenvalue weighted by Gasteiger charge is -2.40. The number of aromatic nitrogens is 2. The van der Waals surface area contributed by atoms with Crippen LogP contribution in [0.2, 0.25) is 0 Å². The van der Waals surface area contributed by atoms with Crippen LogP contribution in [-0.4, -0.2) is 106 Å². The van der Waals surface area contributed by atoms with Crippen molar-refractivity contribution >= 4 is 28.3 Å². The van der Waals surface area contributed by atoms with Crippen LogP contribution in [-0.2, 0) is 32.0 Å². The van der Waals surface area contributed by atoms with E-state index in [4.69, 9.17) is 9.47 Å². The summed E-state index contributed by atoms with van der Waals surface area (Å²) in [5.74, 6) is 0. The van der Waals surface area contributed by atoms with Gasteiger partial charge in [-0.05, 0) is 0 Å². The van der Waals surface area contributed by atoms with Crippen molar-refractivity contribution in [2.24, 2.45) is 0 Å². The highest BCUT2D eigenvalue weighted by Gasteiger charge is 2.49. The second-order valence-electron chi connectivity index (χ2n) is 7.68. The second kappa shape index (κ2) is 11.4. The number of hydrogen-bond acceptors (Lipinski definition) is 15. The van der Waals surface area contributed by atoms with Crippen LogP contribution in [0.3, 0.4) is 0 Å². The molecule has 18 nitrogen and oxygen atoms in total. The van der Waals surface area contributed by atoms with Crippen LogP contribution in [0.5, 0.6) is 0 Å². The van der Waals surface area contributed by atoms with Gasteiger partial charge < -0.3 is 44.8 Å². The van der Waals surface area contributed by atoms with Gasteiger partial charge in [0.05, 0.1) is 24.6 Å². The molecule has 0 radical (unpaired) electrons. The van der Waals surface area contributed by atoms with Crippen molar-refractivity contribution < 1.29 is 67.3 Å². The van der Waals surface area contributed by atoms with Gasteiger partial charge in [0, 0.05) is 12.3 Å². The van der Waals surface area contributed by atoms with Gasteiger partial charge in [0.25, 0.3) is 5.56 Å². The Balaban J connectivity index is 1.61. The van der Waals surface area contributed by atoms with Crippen molar-refractivity contribution in [1.29, 1.82) is 0 Å². The molecule has 36 heavy (non-hydrogen) atoms. The van der Waals surface area contributed by atoms with Gasteiger partial charge in [-0.2, -0.15) is 16.9 Å². The third-order valence-corrected chi connectivity index (χ3v) is 8.31. The maximum atomic E-state index is 12.2. The molecule has 8 N–H and O–H groups in total. The molecule has 21 heteroatoms. The van der Waals surface area contributed by atoms with Crippen LogP contribution in [0.15, 0.2) is 21.9 Å². The molecule has 0 saturated carbocycles. The minimum absolute atomic E-state index is 0.737. The Labute approximate surface area is 206 Å². The number of hydrogen-bond donors (Lipinski definition) is 9. The van der Waals surface area contributed by atoms with Crippen molar-refractivity contribution in [1.82, 2.24) is 9.55 Å². The third kappa shape index (κ3) is 6.71. The quantitative estimate of drug-likeness (QED) is 0.0995. The Hall–Kier alpha value is -0.990. The minimum atomic E-state index is -5.48. The zero-order valence-electron chi connectivity index (χ0n) is 17.9. The van der Waals surface area contributed by atoms with Crippen LogP contribution in [0.25, 0.3) is 0 Å². The highest BCUT2D eigenvalue weighted by Crippen LogP contribution is 2.61. The number of rotatable bonds is 9. The molecule has 2 aliphatic rings. The number of ether oxygens (including phenoxy) is 2. The van der Waals surface area contributed by atoms with Crippen molar-refractivity contribution in [3.8, 4) is 0 Å². The van der Waals surface area contributed by atoms with Gasteiger partial charge in [-0.15, -0.1) is 0 Å². The van der Waals surface area contributed by atoms with E-state index in [2.05, 4.69) is 26.0 Å². The highest BCUT2D eigenvalue weighted by atomic mass is 32.1. The zero-order valence-corrected chi connectivity index (χ0v) is 20.5.